The number of nitrogens with zero attached hydrogens (tertiary/aromatic N) is 2. The van der Waals surface area contributed by atoms with E-state index in [9.17, 15) is 9.59 Å². The summed E-state index contributed by atoms with van der Waals surface area (Å²) in [4.78, 5) is 26.2. The molecule has 0 aliphatic carbocycles. The van der Waals surface area contributed by atoms with Gasteiger partial charge in [-0.05, 0) is 26.0 Å². The van der Waals surface area contributed by atoms with Crippen molar-refractivity contribution in [1.82, 2.24) is 14.8 Å². The zero-order chi connectivity index (χ0) is 17.8. The Hall–Kier alpha value is -1.90. The molecule has 7 nitrogen and oxygen atoms in total. The van der Waals surface area contributed by atoms with Crippen LogP contribution in [0.5, 0.6) is 0 Å². The minimum absolute atomic E-state index is 0.0400. The van der Waals surface area contributed by atoms with E-state index < -0.39 is 0 Å². The zero-order valence-corrected chi connectivity index (χ0v) is 15.3. The maximum atomic E-state index is 12.3. The molecule has 1 fully saturated rings. The van der Waals surface area contributed by atoms with Gasteiger partial charge in [0.1, 0.15) is 18.1 Å². The molecular weight excluding hydrogens is 342 g/mol. The maximum absolute atomic E-state index is 12.3. The van der Waals surface area contributed by atoms with Crippen LogP contribution < -0.4 is 10.2 Å². The number of aromatic nitrogens is 1. The van der Waals surface area contributed by atoms with Crippen molar-refractivity contribution in [3.63, 3.8) is 0 Å². The molecule has 3 heterocycles. The summed E-state index contributed by atoms with van der Waals surface area (Å²) in [6.07, 6.45) is 0. The third-order valence-corrected chi connectivity index (χ3v) is 5.23. The van der Waals surface area contributed by atoms with Gasteiger partial charge in [0.05, 0.1) is 19.3 Å². The van der Waals surface area contributed by atoms with E-state index >= 15 is 0 Å². The summed E-state index contributed by atoms with van der Waals surface area (Å²) in [6.45, 7) is 7.15. The summed E-state index contributed by atoms with van der Waals surface area (Å²) in [5.41, 5.74) is 0.802. The van der Waals surface area contributed by atoms with Gasteiger partial charge in [-0.1, -0.05) is 11.3 Å². The van der Waals surface area contributed by atoms with Crippen LogP contribution >= 0.6 is 11.3 Å². The Morgan fingerprint density at radius 3 is 2.68 bits per heavy atom. The van der Waals surface area contributed by atoms with Crippen LogP contribution in [0.15, 0.2) is 26.7 Å². The first-order valence-electron chi connectivity index (χ1n) is 8.34. The van der Waals surface area contributed by atoms with Crippen LogP contribution in [-0.2, 0) is 16.1 Å². The van der Waals surface area contributed by atoms with E-state index in [-0.39, 0.29) is 23.4 Å². The number of hydrogen-bond acceptors (Lipinski definition) is 6. The van der Waals surface area contributed by atoms with Gasteiger partial charge in [-0.3, -0.25) is 19.1 Å². The van der Waals surface area contributed by atoms with Crippen molar-refractivity contribution in [1.29, 1.82) is 0 Å². The molecule has 0 aromatic carbocycles. The number of thiazole rings is 1. The predicted octanol–water partition coefficient (Wildman–Crippen LogP) is 1.31. The Labute approximate surface area is 150 Å². The Morgan fingerprint density at radius 1 is 1.32 bits per heavy atom. The third-order valence-electron chi connectivity index (χ3n) is 4.35. The second-order valence-electron chi connectivity index (χ2n) is 6.15. The smallest absolute Gasteiger partial charge is 0.307 e. The van der Waals surface area contributed by atoms with Gasteiger partial charge in [-0.25, -0.2) is 0 Å². The van der Waals surface area contributed by atoms with E-state index in [0.29, 0.717) is 19.8 Å². The summed E-state index contributed by atoms with van der Waals surface area (Å²) in [5, 5.41) is 4.71. The number of furan rings is 1. The van der Waals surface area contributed by atoms with Crippen molar-refractivity contribution >= 4 is 17.2 Å². The fourth-order valence-electron chi connectivity index (χ4n) is 2.94. The highest BCUT2D eigenvalue weighted by atomic mass is 32.1. The molecule has 1 saturated heterocycles. The first kappa shape index (κ1) is 17.9. The number of nitrogens with one attached hydrogen (secondary N) is 1. The van der Waals surface area contributed by atoms with Crippen molar-refractivity contribution in [2.45, 2.75) is 26.4 Å². The molecule has 1 aliphatic rings. The Bertz CT molecular complexity index is 773. The van der Waals surface area contributed by atoms with Gasteiger partial charge in [-0.2, -0.15) is 0 Å². The van der Waals surface area contributed by atoms with Gasteiger partial charge in [0.15, 0.2) is 0 Å². The van der Waals surface area contributed by atoms with Crippen LogP contribution in [0.4, 0.5) is 0 Å². The van der Waals surface area contributed by atoms with Crippen molar-refractivity contribution in [2.75, 3.05) is 32.8 Å². The van der Waals surface area contributed by atoms with Crippen LogP contribution in [0.3, 0.4) is 0 Å². The van der Waals surface area contributed by atoms with Crippen molar-refractivity contribution in [2.24, 2.45) is 0 Å². The minimum atomic E-state index is -0.176. The number of carbonyl (C=O) groups excluding carboxylic acids is 1. The van der Waals surface area contributed by atoms with Gasteiger partial charge in [0.25, 0.3) is 0 Å². The van der Waals surface area contributed by atoms with E-state index in [0.717, 1.165) is 41.6 Å². The highest BCUT2D eigenvalue weighted by molar-refractivity contribution is 7.07. The molecule has 1 aliphatic heterocycles. The summed E-state index contributed by atoms with van der Waals surface area (Å²) < 4.78 is 12.7. The van der Waals surface area contributed by atoms with E-state index in [4.69, 9.17) is 9.15 Å². The molecule has 0 radical (unpaired) electrons. The number of ether oxygens (including phenoxy) is 1. The number of hydrogen-bond donors (Lipinski definition) is 1. The van der Waals surface area contributed by atoms with E-state index in [1.165, 1.54) is 4.57 Å². The predicted molar refractivity (Wildman–Crippen MR) is 94.9 cm³/mol. The zero-order valence-electron chi connectivity index (χ0n) is 14.5. The first-order valence-corrected chi connectivity index (χ1v) is 9.22. The highest BCUT2D eigenvalue weighted by Crippen LogP contribution is 2.23. The normalized spacial score (nSPS) is 16.7. The Balaban J connectivity index is 1.65. The molecule has 1 N–H and O–H groups in total. The Morgan fingerprint density at radius 2 is 2.08 bits per heavy atom. The van der Waals surface area contributed by atoms with Crippen LogP contribution in [0.1, 0.15) is 23.3 Å². The summed E-state index contributed by atoms with van der Waals surface area (Å²) in [6, 6.07) is 3.84. The van der Waals surface area contributed by atoms with E-state index in [1.54, 1.807) is 5.38 Å². The largest absolute Gasteiger partial charge is 0.465 e. The standard InChI is InChI=1S/C17H23N3O4S/c1-12-11-25-17(22)20(12)10-16(21)18-9-14(15-4-3-13(2)24-15)19-5-7-23-8-6-19/h3-4,11,14H,5-10H2,1-2H3,(H,18,21)/t14-/m1/s1. The minimum Gasteiger partial charge on any atom is -0.465 e. The SMILES string of the molecule is Cc1ccc([C@@H](CNC(=O)Cn2c(C)csc2=O)N2CCOCC2)o1. The maximum Gasteiger partial charge on any atom is 0.307 e. The molecule has 3 rings (SSSR count). The number of carbonyl (C=O) groups is 1. The molecule has 136 valence electrons. The van der Waals surface area contributed by atoms with Crippen LogP contribution in [0.25, 0.3) is 0 Å². The fourth-order valence-corrected chi connectivity index (χ4v) is 3.67. The fraction of sp³-hybridized carbons (Fsp3) is 0.529. The first-order chi connectivity index (χ1) is 12.0. The molecule has 0 saturated carbocycles. The van der Waals surface area contributed by atoms with Crippen molar-refractivity contribution in [3.05, 3.63) is 44.4 Å². The summed E-state index contributed by atoms with van der Waals surface area (Å²) >= 11 is 1.11. The lowest BCUT2D eigenvalue weighted by atomic mass is 10.1. The van der Waals surface area contributed by atoms with Gasteiger partial charge in [-0.15, -0.1) is 0 Å². The Kier molecular flexibility index (Phi) is 5.72. The lowest BCUT2D eigenvalue weighted by Crippen LogP contribution is -2.44. The second kappa shape index (κ2) is 7.99. The molecule has 2 aromatic rings. The lowest BCUT2D eigenvalue weighted by molar-refractivity contribution is -0.122. The number of morpholine rings is 1. The summed E-state index contributed by atoms with van der Waals surface area (Å²) in [7, 11) is 0. The van der Waals surface area contributed by atoms with Crippen LogP contribution in [0.2, 0.25) is 0 Å². The molecule has 0 spiro atoms. The molecule has 0 unspecified atom stereocenters. The molecule has 2 aromatic heterocycles. The molecule has 1 atom stereocenters. The van der Waals surface area contributed by atoms with E-state index in [1.807, 2.05) is 26.0 Å². The van der Waals surface area contributed by atoms with Crippen LogP contribution in [-0.4, -0.2) is 48.2 Å². The van der Waals surface area contributed by atoms with Gasteiger partial charge in [0.2, 0.25) is 5.91 Å². The average Bonchev–Trinajstić information content (AvgIpc) is 3.17. The van der Waals surface area contributed by atoms with Crippen molar-refractivity contribution < 1.29 is 13.9 Å². The number of amides is 1. The number of aryl methyl sites for hydroxylation is 2. The molecule has 25 heavy (non-hydrogen) atoms. The molecule has 1 amide bonds. The third kappa shape index (κ3) is 4.39. The van der Waals surface area contributed by atoms with Gasteiger partial charge >= 0.3 is 4.87 Å². The van der Waals surface area contributed by atoms with Gasteiger partial charge in [0, 0.05) is 30.7 Å². The lowest BCUT2D eigenvalue weighted by Gasteiger charge is -2.33. The quantitative estimate of drug-likeness (QED) is 0.835. The molecule has 8 heteroatoms. The van der Waals surface area contributed by atoms with Gasteiger partial charge < -0.3 is 14.5 Å². The van der Waals surface area contributed by atoms with E-state index in [2.05, 4.69) is 10.2 Å². The molecule has 0 bridgehead atoms. The van der Waals surface area contributed by atoms with Crippen LogP contribution in [0, 0.1) is 13.8 Å². The summed E-state index contributed by atoms with van der Waals surface area (Å²) in [5.74, 6) is 1.51. The monoisotopic (exact) mass is 365 g/mol. The second-order valence-corrected chi connectivity index (χ2v) is 6.97. The highest BCUT2D eigenvalue weighted by Gasteiger charge is 2.25. The van der Waals surface area contributed by atoms with Crippen molar-refractivity contribution in [3.8, 4) is 0 Å². The number of rotatable bonds is 6. The molecular formula is C17H23N3O4S. The average molecular weight is 365 g/mol. The topological polar surface area (TPSA) is 76.7 Å².